The summed E-state index contributed by atoms with van der Waals surface area (Å²) in [6.07, 6.45) is 0. The molecule has 1 aliphatic rings. The van der Waals surface area contributed by atoms with E-state index < -0.39 is 0 Å². The van der Waals surface area contributed by atoms with Crippen LogP contribution in [-0.2, 0) is 4.79 Å². The van der Waals surface area contributed by atoms with Crippen molar-refractivity contribution in [2.45, 2.75) is 0 Å². The minimum atomic E-state index is -0.0461. The highest BCUT2D eigenvalue weighted by molar-refractivity contribution is 6.35. The van der Waals surface area contributed by atoms with Gasteiger partial charge in [0.2, 0.25) is 5.91 Å². The average molecular weight is 288 g/mol. The van der Waals surface area contributed by atoms with E-state index in [9.17, 15) is 4.79 Å². The number of anilines is 1. The van der Waals surface area contributed by atoms with Crippen LogP contribution in [0.4, 0.5) is 5.69 Å². The number of carbonyl (C=O) groups is 1. The van der Waals surface area contributed by atoms with E-state index in [-0.39, 0.29) is 5.91 Å². The van der Waals surface area contributed by atoms with Crippen LogP contribution in [0.25, 0.3) is 0 Å². The second-order valence-corrected chi connectivity index (χ2v) is 5.11. The molecular formula is C12H15Cl2N3O. The van der Waals surface area contributed by atoms with Crippen molar-refractivity contribution >= 4 is 34.8 Å². The largest absolute Gasteiger partial charge is 0.325 e. The minimum absolute atomic E-state index is 0.0461. The molecule has 2 N–H and O–H groups in total. The van der Waals surface area contributed by atoms with Gasteiger partial charge in [-0.15, -0.1) is 0 Å². The van der Waals surface area contributed by atoms with Crippen LogP contribution in [0.2, 0.25) is 10.0 Å². The molecule has 2 rings (SSSR count). The number of nitrogens with one attached hydrogen (secondary N) is 2. The fourth-order valence-corrected chi connectivity index (χ4v) is 2.42. The van der Waals surface area contributed by atoms with E-state index in [1.807, 2.05) is 0 Å². The highest BCUT2D eigenvalue weighted by Gasteiger charge is 2.13. The molecule has 1 saturated heterocycles. The normalized spacial score (nSPS) is 16.6. The zero-order valence-electron chi connectivity index (χ0n) is 9.88. The van der Waals surface area contributed by atoms with E-state index in [4.69, 9.17) is 23.2 Å². The Hall–Kier alpha value is -0.810. The van der Waals surface area contributed by atoms with Crippen LogP contribution < -0.4 is 10.6 Å². The second kappa shape index (κ2) is 6.38. The Bertz CT molecular complexity index is 413. The van der Waals surface area contributed by atoms with Gasteiger partial charge in [0.25, 0.3) is 0 Å². The summed E-state index contributed by atoms with van der Waals surface area (Å²) < 4.78 is 0. The molecule has 1 aliphatic heterocycles. The Morgan fingerprint density at radius 2 is 1.83 bits per heavy atom. The van der Waals surface area contributed by atoms with Gasteiger partial charge in [0.1, 0.15) is 0 Å². The Morgan fingerprint density at radius 3 is 2.44 bits per heavy atom. The van der Waals surface area contributed by atoms with Crippen molar-refractivity contribution in [2.75, 3.05) is 38.0 Å². The van der Waals surface area contributed by atoms with Gasteiger partial charge in [-0.3, -0.25) is 9.69 Å². The summed E-state index contributed by atoms with van der Waals surface area (Å²) in [5.74, 6) is -0.0461. The van der Waals surface area contributed by atoms with Gasteiger partial charge in [0, 0.05) is 41.9 Å². The molecule has 1 aromatic rings. The third kappa shape index (κ3) is 4.14. The van der Waals surface area contributed by atoms with Gasteiger partial charge < -0.3 is 10.6 Å². The zero-order chi connectivity index (χ0) is 13.0. The molecule has 1 amide bonds. The smallest absolute Gasteiger partial charge is 0.238 e. The predicted molar refractivity (Wildman–Crippen MR) is 74.4 cm³/mol. The van der Waals surface area contributed by atoms with E-state index in [1.54, 1.807) is 18.2 Å². The van der Waals surface area contributed by atoms with Gasteiger partial charge in [-0.1, -0.05) is 23.2 Å². The van der Waals surface area contributed by atoms with Gasteiger partial charge in [-0.05, 0) is 18.2 Å². The molecule has 0 aliphatic carbocycles. The van der Waals surface area contributed by atoms with Gasteiger partial charge in [0.05, 0.1) is 6.54 Å². The van der Waals surface area contributed by atoms with Crippen LogP contribution in [0.1, 0.15) is 0 Å². The highest BCUT2D eigenvalue weighted by atomic mass is 35.5. The quantitative estimate of drug-likeness (QED) is 0.892. The number of rotatable bonds is 3. The first kappa shape index (κ1) is 13.6. The summed E-state index contributed by atoms with van der Waals surface area (Å²) in [6.45, 7) is 4.03. The van der Waals surface area contributed by atoms with Crippen LogP contribution in [0.5, 0.6) is 0 Å². The highest BCUT2D eigenvalue weighted by Crippen LogP contribution is 2.22. The summed E-state index contributed by atoms with van der Waals surface area (Å²) in [5, 5.41) is 7.07. The molecule has 0 saturated carbocycles. The number of piperazine rings is 1. The molecule has 98 valence electrons. The lowest BCUT2D eigenvalue weighted by Crippen LogP contribution is -2.46. The maximum absolute atomic E-state index is 11.8. The number of hydrogen-bond donors (Lipinski definition) is 2. The van der Waals surface area contributed by atoms with Crippen molar-refractivity contribution in [3.05, 3.63) is 28.2 Å². The summed E-state index contributed by atoms with van der Waals surface area (Å²) in [5.41, 5.74) is 0.632. The second-order valence-electron chi connectivity index (χ2n) is 4.23. The van der Waals surface area contributed by atoms with Crippen molar-refractivity contribution in [1.29, 1.82) is 0 Å². The fraction of sp³-hybridized carbons (Fsp3) is 0.417. The molecule has 4 nitrogen and oxygen atoms in total. The molecule has 0 atom stereocenters. The Morgan fingerprint density at radius 1 is 1.22 bits per heavy atom. The van der Waals surface area contributed by atoms with Crippen molar-refractivity contribution in [2.24, 2.45) is 0 Å². The third-order valence-electron chi connectivity index (χ3n) is 2.72. The van der Waals surface area contributed by atoms with Gasteiger partial charge >= 0.3 is 0 Å². The van der Waals surface area contributed by atoms with E-state index in [1.165, 1.54) is 0 Å². The first-order valence-electron chi connectivity index (χ1n) is 5.82. The standard InChI is InChI=1S/C12H15Cl2N3O/c13-9-5-10(14)7-11(6-9)16-12(18)8-17-3-1-15-2-4-17/h5-7,15H,1-4,8H2,(H,16,18). The van der Waals surface area contributed by atoms with Crippen molar-refractivity contribution in [1.82, 2.24) is 10.2 Å². The predicted octanol–water partition coefficient (Wildman–Crippen LogP) is 1.84. The fourth-order valence-electron chi connectivity index (χ4n) is 1.90. The molecular weight excluding hydrogens is 273 g/mol. The third-order valence-corrected chi connectivity index (χ3v) is 3.16. The molecule has 6 heteroatoms. The van der Waals surface area contributed by atoms with Crippen LogP contribution in [-0.4, -0.2) is 43.5 Å². The molecule has 0 aromatic heterocycles. The van der Waals surface area contributed by atoms with Crippen molar-refractivity contribution in [3.63, 3.8) is 0 Å². The number of benzene rings is 1. The number of halogens is 2. The molecule has 1 heterocycles. The molecule has 0 unspecified atom stereocenters. The monoisotopic (exact) mass is 287 g/mol. The summed E-state index contributed by atoms with van der Waals surface area (Å²) in [4.78, 5) is 14.0. The van der Waals surface area contributed by atoms with E-state index >= 15 is 0 Å². The molecule has 0 spiro atoms. The zero-order valence-corrected chi connectivity index (χ0v) is 11.4. The van der Waals surface area contributed by atoms with Gasteiger partial charge in [-0.2, -0.15) is 0 Å². The summed E-state index contributed by atoms with van der Waals surface area (Å²) in [7, 11) is 0. The lowest BCUT2D eigenvalue weighted by atomic mass is 10.3. The van der Waals surface area contributed by atoms with Crippen molar-refractivity contribution < 1.29 is 4.79 Å². The van der Waals surface area contributed by atoms with E-state index in [2.05, 4.69) is 15.5 Å². The topological polar surface area (TPSA) is 44.4 Å². The van der Waals surface area contributed by atoms with E-state index in [0.717, 1.165) is 26.2 Å². The molecule has 1 fully saturated rings. The average Bonchev–Trinajstić information content (AvgIpc) is 2.28. The lowest BCUT2D eigenvalue weighted by Gasteiger charge is -2.26. The first-order chi connectivity index (χ1) is 8.63. The van der Waals surface area contributed by atoms with Crippen LogP contribution in [0.3, 0.4) is 0 Å². The van der Waals surface area contributed by atoms with Gasteiger partial charge in [-0.25, -0.2) is 0 Å². The van der Waals surface area contributed by atoms with Crippen molar-refractivity contribution in [3.8, 4) is 0 Å². The maximum atomic E-state index is 11.8. The summed E-state index contributed by atoms with van der Waals surface area (Å²) in [6, 6.07) is 5.00. The minimum Gasteiger partial charge on any atom is -0.325 e. The summed E-state index contributed by atoms with van der Waals surface area (Å²) >= 11 is 11.7. The number of amides is 1. The van der Waals surface area contributed by atoms with E-state index in [0.29, 0.717) is 22.3 Å². The lowest BCUT2D eigenvalue weighted by molar-refractivity contribution is -0.117. The number of nitrogens with zero attached hydrogens (tertiary/aromatic N) is 1. The molecule has 1 aromatic carbocycles. The maximum Gasteiger partial charge on any atom is 0.238 e. The molecule has 0 bridgehead atoms. The number of hydrogen-bond acceptors (Lipinski definition) is 3. The molecule has 0 radical (unpaired) electrons. The van der Waals surface area contributed by atoms with Gasteiger partial charge in [0.15, 0.2) is 0 Å². The molecule has 18 heavy (non-hydrogen) atoms. The van der Waals surface area contributed by atoms with Crippen LogP contribution in [0.15, 0.2) is 18.2 Å². The Balaban J connectivity index is 1.89. The Labute approximate surface area is 116 Å². The number of carbonyl (C=O) groups excluding carboxylic acids is 1. The van der Waals surface area contributed by atoms with Crippen LogP contribution in [0, 0.1) is 0 Å². The first-order valence-corrected chi connectivity index (χ1v) is 6.58. The van der Waals surface area contributed by atoms with Crippen LogP contribution >= 0.6 is 23.2 Å². The SMILES string of the molecule is O=C(CN1CCNCC1)Nc1cc(Cl)cc(Cl)c1. The Kier molecular flexibility index (Phi) is 4.83.